The highest BCUT2D eigenvalue weighted by Gasteiger charge is 2.09. The molecule has 3 nitrogen and oxygen atoms in total. The van der Waals surface area contributed by atoms with Crippen molar-refractivity contribution < 1.29 is 4.74 Å². The van der Waals surface area contributed by atoms with Crippen LogP contribution in [0.1, 0.15) is 24.4 Å². The Morgan fingerprint density at radius 1 is 1.29 bits per heavy atom. The molecule has 0 amide bonds. The van der Waals surface area contributed by atoms with E-state index in [1.165, 1.54) is 5.39 Å². The van der Waals surface area contributed by atoms with Gasteiger partial charge in [-0.3, -0.25) is 4.98 Å². The van der Waals surface area contributed by atoms with Crippen LogP contribution in [0.3, 0.4) is 0 Å². The summed E-state index contributed by atoms with van der Waals surface area (Å²) < 4.78 is 5.04. The number of methoxy groups -OCH3 is 1. The zero-order valence-electron chi connectivity index (χ0n) is 10.1. The van der Waals surface area contributed by atoms with Crippen molar-refractivity contribution >= 4 is 10.8 Å². The van der Waals surface area contributed by atoms with Crippen molar-refractivity contribution in [3.63, 3.8) is 0 Å². The van der Waals surface area contributed by atoms with Crippen LogP contribution in [-0.4, -0.2) is 18.7 Å². The lowest BCUT2D eigenvalue weighted by atomic mass is 9.99. The Bertz CT molecular complexity index is 479. The van der Waals surface area contributed by atoms with Crippen LogP contribution < -0.4 is 5.73 Å². The summed E-state index contributed by atoms with van der Waals surface area (Å²) in [7, 11) is 1.71. The molecule has 0 aliphatic carbocycles. The highest BCUT2D eigenvalue weighted by molar-refractivity contribution is 5.84. The molecule has 1 aromatic heterocycles. The van der Waals surface area contributed by atoms with Crippen LogP contribution in [0.2, 0.25) is 0 Å². The SMILES string of the molecule is COCCCC(N)c1cncc2ccccc12. The molecule has 17 heavy (non-hydrogen) atoms. The van der Waals surface area contributed by atoms with E-state index in [-0.39, 0.29) is 6.04 Å². The number of fused-ring (bicyclic) bond motifs is 1. The maximum absolute atomic E-state index is 6.21. The highest BCUT2D eigenvalue weighted by Crippen LogP contribution is 2.24. The van der Waals surface area contributed by atoms with Crippen LogP contribution in [-0.2, 0) is 4.74 Å². The van der Waals surface area contributed by atoms with Crippen LogP contribution in [0.4, 0.5) is 0 Å². The predicted octanol–water partition coefficient (Wildman–Crippen LogP) is 2.66. The van der Waals surface area contributed by atoms with Crippen molar-refractivity contribution in [2.75, 3.05) is 13.7 Å². The van der Waals surface area contributed by atoms with E-state index >= 15 is 0 Å². The first-order chi connectivity index (χ1) is 8.33. The lowest BCUT2D eigenvalue weighted by Crippen LogP contribution is -2.12. The molecule has 0 radical (unpaired) electrons. The Morgan fingerprint density at radius 3 is 2.94 bits per heavy atom. The van der Waals surface area contributed by atoms with Crippen molar-refractivity contribution in [1.29, 1.82) is 0 Å². The molecular formula is C14H18N2O. The van der Waals surface area contributed by atoms with E-state index in [1.807, 2.05) is 24.5 Å². The van der Waals surface area contributed by atoms with Gasteiger partial charge < -0.3 is 10.5 Å². The third-order valence-electron chi connectivity index (χ3n) is 2.96. The zero-order chi connectivity index (χ0) is 12.1. The first-order valence-corrected chi connectivity index (χ1v) is 5.90. The summed E-state index contributed by atoms with van der Waals surface area (Å²) in [5.74, 6) is 0. The zero-order valence-corrected chi connectivity index (χ0v) is 10.1. The molecule has 1 heterocycles. The Morgan fingerprint density at radius 2 is 2.12 bits per heavy atom. The van der Waals surface area contributed by atoms with Gasteiger partial charge in [-0.05, 0) is 23.8 Å². The quantitative estimate of drug-likeness (QED) is 0.803. The number of nitrogens with zero attached hydrogens (tertiary/aromatic N) is 1. The van der Waals surface area contributed by atoms with Gasteiger partial charge in [0.1, 0.15) is 0 Å². The van der Waals surface area contributed by atoms with E-state index in [2.05, 4.69) is 17.1 Å². The Hall–Kier alpha value is -1.45. The summed E-state index contributed by atoms with van der Waals surface area (Å²) in [5.41, 5.74) is 7.33. The number of nitrogens with two attached hydrogens (primary N) is 1. The average molecular weight is 230 g/mol. The van der Waals surface area contributed by atoms with E-state index in [1.54, 1.807) is 7.11 Å². The molecule has 0 spiro atoms. The minimum atomic E-state index is 0.0312. The predicted molar refractivity (Wildman–Crippen MR) is 69.8 cm³/mol. The molecule has 0 fully saturated rings. The van der Waals surface area contributed by atoms with E-state index in [0.29, 0.717) is 0 Å². The standard InChI is InChI=1S/C14H18N2O/c1-17-8-4-7-14(15)13-10-16-9-11-5-2-3-6-12(11)13/h2-3,5-6,9-10,14H,4,7-8,15H2,1H3. The molecule has 2 N–H and O–H groups in total. The molecule has 0 saturated carbocycles. The van der Waals surface area contributed by atoms with Gasteiger partial charge in [-0.25, -0.2) is 0 Å². The summed E-state index contributed by atoms with van der Waals surface area (Å²) >= 11 is 0. The maximum atomic E-state index is 6.21. The molecule has 0 aliphatic rings. The summed E-state index contributed by atoms with van der Waals surface area (Å²) in [6.45, 7) is 0.756. The second-order valence-electron chi connectivity index (χ2n) is 4.19. The van der Waals surface area contributed by atoms with Gasteiger partial charge in [0.05, 0.1) is 0 Å². The summed E-state index contributed by atoms with van der Waals surface area (Å²) in [6, 6.07) is 8.25. The van der Waals surface area contributed by atoms with Gasteiger partial charge >= 0.3 is 0 Å². The second kappa shape index (κ2) is 5.75. The first-order valence-electron chi connectivity index (χ1n) is 5.90. The normalized spacial score (nSPS) is 12.8. The number of hydrogen-bond acceptors (Lipinski definition) is 3. The molecule has 2 rings (SSSR count). The fraction of sp³-hybridized carbons (Fsp3) is 0.357. The van der Waals surface area contributed by atoms with Crippen LogP contribution in [0.25, 0.3) is 10.8 Å². The van der Waals surface area contributed by atoms with Crippen LogP contribution >= 0.6 is 0 Å². The van der Waals surface area contributed by atoms with Gasteiger partial charge in [0.25, 0.3) is 0 Å². The topological polar surface area (TPSA) is 48.1 Å². The Balaban J connectivity index is 2.22. The van der Waals surface area contributed by atoms with Crippen LogP contribution in [0.15, 0.2) is 36.7 Å². The molecule has 90 valence electrons. The largest absolute Gasteiger partial charge is 0.385 e. The smallest absolute Gasteiger partial charge is 0.0462 e. The molecule has 1 unspecified atom stereocenters. The molecule has 1 atom stereocenters. The third kappa shape index (κ3) is 2.81. The van der Waals surface area contributed by atoms with Gasteiger partial charge in [-0.1, -0.05) is 24.3 Å². The van der Waals surface area contributed by atoms with E-state index < -0.39 is 0 Å². The molecule has 0 bridgehead atoms. The van der Waals surface area contributed by atoms with Crippen LogP contribution in [0, 0.1) is 0 Å². The summed E-state index contributed by atoms with van der Waals surface area (Å²) in [4.78, 5) is 4.25. The van der Waals surface area contributed by atoms with Crippen molar-refractivity contribution in [2.45, 2.75) is 18.9 Å². The molecule has 1 aromatic carbocycles. The minimum Gasteiger partial charge on any atom is -0.385 e. The minimum absolute atomic E-state index is 0.0312. The lowest BCUT2D eigenvalue weighted by Gasteiger charge is -2.13. The second-order valence-corrected chi connectivity index (χ2v) is 4.19. The molecule has 3 heteroatoms. The van der Waals surface area contributed by atoms with Gasteiger partial charge in [0.2, 0.25) is 0 Å². The average Bonchev–Trinajstić information content (AvgIpc) is 2.38. The first kappa shape index (κ1) is 12.0. The maximum Gasteiger partial charge on any atom is 0.0462 e. The number of pyridine rings is 1. The van der Waals surface area contributed by atoms with Gasteiger partial charge in [-0.2, -0.15) is 0 Å². The number of rotatable bonds is 5. The number of benzene rings is 1. The highest BCUT2D eigenvalue weighted by atomic mass is 16.5. The summed E-state index contributed by atoms with van der Waals surface area (Å²) in [5, 5.41) is 2.35. The monoisotopic (exact) mass is 230 g/mol. The number of ether oxygens (including phenoxy) is 1. The fourth-order valence-corrected chi connectivity index (χ4v) is 2.04. The Kier molecular flexibility index (Phi) is 4.07. The van der Waals surface area contributed by atoms with Crippen molar-refractivity contribution in [3.8, 4) is 0 Å². The molecule has 2 aromatic rings. The van der Waals surface area contributed by atoms with E-state index in [0.717, 1.165) is 30.4 Å². The van der Waals surface area contributed by atoms with Gasteiger partial charge in [0, 0.05) is 37.5 Å². The van der Waals surface area contributed by atoms with Crippen molar-refractivity contribution in [1.82, 2.24) is 4.98 Å². The Labute approximate surface area is 102 Å². The molecule has 0 aliphatic heterocycles. The number of hydrogen-bond donors (Lipinski definition) is 1. The van der Waals surface area contributed by atoms with E-state index in [9.17, 15) is 0 Å². The van der Waals surface area contributed by atoms with Crippen molar-refractivity contribution in [3.05, 3.63) is 42.2 Å². The third-order valence-corrected chi connectivity index (χ3v) is 2.96. The van der Waals surface area contributed by atoms with Gasteiger partial charge in [0.15, 0.2) is 0 Å². The lowest BCUT2D eigenvalue weighted by molar-refractivity contribution is 0.190. The van der Waals surface area contributed by atoms with E-state index in [4.69, 9.17) is 10.5 Å². The molecule has 0 saturated heterocycles. The van der Waals surface area contributed by atoms with Gasteiger partial charge in [-0.15, -0.1) is 0 Å². The summed E-state index contributed by atoms with van der Waals surface area (Å²) in [6.07, 6.45) is 5.64. The number of aromatic nitrogens is 1. The van der Waals surface area contributed by atoms with Crippen molar-refractivity contribution in [2.24, 2.45) is 5.73 Å². The molecular weight excluding hydrogens is 212 g/mol. The van der Waals surface area contributed by atoms with Crippen LogP contribution in [0.5, 0.6) is 0 Å². The fourth-order valence-electron chi connectivity index (χ4n) is 2.04.